The van der Waals surface area contributed by atoms with Crippen molar-refractivity contribution in [2.45, 2.75) is 6.54 Å². The first-order valence-corrected chi connectivity index (χ1v) is 10.5. The minimum atomic E-state index is -0.462. The van der Waals surface area contributed by atoms with Crippen molar-refractivity contribution in [1.29, 1.82) is 0 Å². The molecule has 180 valence electrons. The minimum absolute atomic E-state index is 0.120. The Morgan fingerprint density at radius 1 is 1.03 bits per heavy atom. The summed E-state index contributed by atoms with van der Waals surface area (Å²) in [4.78, 5) is 17.2. The molecule has 1 amide bonds. The number of aromatic nitrogens is 4. The summed E-state index contributed by atoms with van der Waals surface area (Å²) >= 11 is 0. The van der Waals surface area contributed by atoms with Gasteiger partial charge in [-0.15, -0.1) is 5.10 Å². The van der Waals surface area contributed by atoms with Gasteiger partial charge in [-0.3, -0.25) is 4.79 Å². The number of hydrogen-bond donors (Lipinski definition) is 2. The summed E-state index contributed by atoms with van der Waals surface area (Å²) in [6, 6.07) is 12.9. The lowest BCUT2D eigenvalue weighted by atomic mass is 10.2. The quantitative estimate of drug-likeness (QED) is 0.373. The molecule has 4 aromatic rings. The number of rotatable bonds is 9. The predicted molar refractivity (Wildman–Crippen MR) is 127 cm³/mol. The van der Waals surface area contributed by atoms with Gasteiger partial charge in [-0.1, -0.05) is 17.3 Å². The molecule has 0 aliphatic rings. The second-order valence-electron chi connectivity index (χ2n) is 7.32. The van der Waals surface area contributed by atoms with E-state index in [2.05, 4.69) is 25.9 Å². The van der Waals surface area contributed by atoms with Gasteiger partial charge in [0.15, 0.2) is 23.0 Å². The number of carbonyl (C=O) groups is 1. The van der Waals surface area contributed by atoms with E-state index in [1.165, 1.54) is 44.3 Å². The maximum absolute atomic E-state index is 13.1. The fraction of sp³-hybridized carbons (Fsp3) is 0.167. The molecule has 0 unspecified atom stereocenters. The fourth-order valence-electron chi connectivity index (χ4n) is 3.34. The van der Waals surface area contributed by atoms with E-state index in [1.54, 1.807) is 42.6 Å². The van der Waals surface area contributed by atoms with Gasteiger partial charge < -0.3 is 24.8 Å². The van der Waals surface area contributed by atoms with Crippen molar-refractivity contribution in [2.24, 2.45) is 0 Å². The largest absolute Gasteiger partial charge is 0.493 e. The van der Waals surface area contributed by atoms with E-state index in [0.717, 1.165) is 5.56 Å². The van der Waals surface area contributed by atoms with E-state index in [0.29, 0.717) is 41.0 Å². The normalized spacial score (nSPS) is 10.5. The van der Waals surface area contributed by atoms with Gasteiger partial charge in [-0.05, 0) is 29.8 Å². The van der Waals surface area contributed by atoms with Crippen molar-refractivity contribution >= 4 is 23.1 Å². The lowest BCUT2D eigenvalue weighted by Gasteiger charge is -2.16. The Labute approximate surface area is 200 Å². The topological polar surface area (TPSA) is 112 Å². The number of halogens is 1. The van der Waals surface area contributed by atoms with Gasteiger partial charge in [0.05, 0.1) is 39.8 Å². The number of nitrogens with zero attached hydrogens (tertiary/aromatic N) is 4. The predicted octanol–water partition coefficient (Wildman–Crippen LogP) is 3.88. The number of benzene rings is 2. The highest BCUT2D eigenvalue weighted by Gasteiger charge is 2.17. The van der Waals surface area contributed by atoms with Crippen molar-refractivity contribution in [1.82, 2.24) is 20.0 Å². The second-order valence-corrected chi connectivity index (χ2v) is 7.32. The van der Waals surface area contributed by atoms with Gasteiger partial charge in [0.25, 0.3) is 5.91 Å². The van der Waals surface area contributed by atoms with Crippen LogP contribution in [-0.4, -0.2) is 47.2 Å². The molecule has 4 rings (SSSR count). The molecule has 10 nitrogen and oxygen atoms in total. The first kappa shape index (κ1) is 23.5. The Morgan fingerprint density at radius 2 is 1.74 bits per heavy atom. The van der Waals surface area contributed by atoms with Crippen LogP contribution in [0.15, 0.2) is 60.9 Å². The van der Waals surface area contributed by atoms with Crippen LogP contribution in [0.25, 0.3) is 0 Å². The number of methoxy groups -OCH3 is 3. The molecule has 0 spiro atoms. The van der Waals surface area contributed by atoms with Gasteiger partial charge >= 0.3 is 0 Å². The number of anilines is 3. The monoisotopic (exact) mass is 478 g/mol. The molecule has 0 radical (unpaired) electrons. The average Bonchev–Trinajstić information content (AvgIpc) is 3.34. The fourth-order valence-corrected chi connectivity index (χ4v) is 3.34. The Hall–Kier alpha value is -4.67. The Kier molecular flexibility index (Phi) is 7.05. The van der Waals surface area contributed by atoms with Crippen LogP contribution in [0.1, 0.15) is 16.1 Å². The highest BCUT2D eigenvalue weighted by molar-refractivity contribution is 6.04. The molecule has 0 aliphatic heterocycles. The van der Waals surface area contributed by atoms with Crippen LogP contribution in [0, 0.1) is 5.82 Å². The Bertz CT molecular complexity index is 1300. The number of nitrogens with one attached hydrogen (secondary N) is 2. The molecular weight excluding hydrogens is 455 g/mol. The third kappa shape index (κ3) is 5.46. The summed E-state index contributed by atoms with van der Waals surface area (Å²) < 4.78 is 30.7. The summed E-state index contributed by atoms with van der Waals surface area (Å²) in [5.41, 5.74) is 1.99. The van der Waals surface area contributed by atoms with Gasteiger partial charge in [0.2, 0.25) is 5.75 Å². The van der Waals surface area contributed by atoms with E-state index >= 15 is 0 Å². The lowest BCUT2D eigenvalue weighted by molar-refractivity contribution is 0.102. The van der Waals surface area contributed by atoms with Crippen LogP contribution in [0.5, 0.6) is 17.2 Å². The maximum Gasteiger partial charge on any atom is 0.277 e. The molecule has 0 atom stereocenters. The van der Waals surface area contributed by atoms with Gasteiger partial charge in [-0.25, -0.2) is 14.1 Å². The van der Waals surface area contributed by atoms with Crippen molar-refractivity contribution < 1.29 is 23.4 Å². The molecule has 0 aliphatic carbocycles. The second kappa shape index (κ2) is 10.5. The summed E-state index contributed by atoms with van der Waals surface area (Å²) in [6.07, 6.45) is 3.11. The first-order valence-electron chi connectivity index (χ1n) is 10.5. The van der Waals surface area contributed by atoms with Crippen LogP contribution in [-0.2, 0) is 6.54 Å². The molecule has 2 N–H and O–H groups in total. The van der Waals surface area contributed by atoms with Crippen molar-refractivity contribution in [3.8, 4) is 17.2 Å². The van der Waals surface area contributed by atoms with E-state index in [4.69, 9.17) is 14.2 Å². The lowest BCUT2D eigenvalue weighted by Crippen LogP contribution is -2.14. The van der Waals surface area contributed by atoms with E-state index < -0.39 is 5.91 Å². The van der Waals surface area contributed by atoms with Crippen LogP contribution in [0.3, 0.4) is 0 Å². The Morgan fingerprint density at radius 3 is 2.40 bits per heavy atom. The van der Waals surface area contributed by atoms with Crippen molar-refractivity contribution in [3.63, 3.8) is 0 Å². The number of carbonyl (C=O) groups excluding carboxylic acids is 1. The van der Waals surface area contributed by atoms with Crippen molar-refractivity contribution in [3.05, 3.63) is 78.0 Å². The molecule has 0 saturated carbocycles. The molecule has 2 aromatic carbocycles. The van der Waals surface area contributed by atoms with E-state index in [-0.39, 0.29) is 11.5 Å². The number of hydrogen-bond acceptors (Lipinski definition) is 8. The molecular formula is C24H23FN6O4. The molecule has 0 saturated heterocycles. The molecule has 2 aromatic heterocycles. The molecule has 35 heavy (non-hydrogen) atoms. The zero-order valence-electron chi connectivity index (χ0n) is 19.3. The molecule has 0 fully saturated rings. The smallest absolute Gasteiger partial charge is 0.277 e. The van der Waals surface area contributed by atoms with Crippen LogP contribution in [0.4, 0.5) is 21.6 Å². The highest BCUT2D eigenvalue weighted by Crippen LogP contribution is 2.41. The summed E-state index contributed by atoms with van der Waals surface area (Å²) in [6.45, 7) is 0.349. The van der Waals surface area contributed by atoms with E-state index in [1.807, 2.05) is 0 Å². The summed E-state index contributed by atoms with van der Waals surface area (Å²) in [7, 11) is 4.57. The maximum atomic E-state index is 13.1. The number of amides is 1. The SMILES string of the molecule is COc1cc(Nc2ncccc2NC(=O)c2cn(Cc3ccc(F)cc3)nn2)cc(OC)c1OC. The summed E-state index contributed by atoms with van der Waals surface area (Å²) in [5.74, 6) is 1.01. The van der Waals surface area contributed by atoms with Gasteiger partial charge in [0, 0.05) is 24.0 Å². The molecule has 2 heterocycles. The zero-order valence-corrected chi connectivity index (χ0v) is 19.3. The summed E-state index contributed by atoms with van der Waals surface area (Å²) in [5, 5.41) is 13.9. The average molecular weight is 478 g/mol. The zero-order chi connectivity index (χ0) is 24.8. The molecule has 0 bridgehead atoms. The van der Waals surface area contributed by atoms with Gasteiger partial charge in [-0.2, -0.15) is 0 Å². The third-order valence-electron chi connectivity index (χ3n) is 5.01. The highest BCUT2D eigenvalue weighted by atomic mass is 19.1. The number of pyridine rings is 1. The Balaban J connectivity index is 1.51. The van der Waals surface area contributed by atoms with Crippen LogP contribution < -0.4 is 24.8 Å². The third-order valence-corrected chi connectivity index (χ3v) is 5.01. The van der Waals surface area contributed by atoms with E-state index in [9.17, 15) is 9.18 Å². The van der Waals surface area contributed by atoms with Crippen LogP contribution in [0.2, 0.25) is 0 Å². The minimum Gasteiger partial charge on any atom is -0.493 e. The van der Waals surface area contributed by atoms with Crippen molar-refractivity contribution in [2.75, 3.05) is 32.0 Å². The first-order chi connectivity index (χ1) is 17.0. The standard InChI is InChI=1S/C24H23FN6O4/c1-33-20-11-17(12-21(34-2)22(20)35-3)27-23-18(5-4-10-26-23)28-24(32)19-14-31(30-29-19)13-15-6-8-16(25)9-7-15/h4-12,14H,13H2,1-3H3,(H,26,27)(H,28,32). The number of ether oxygens (including phenoxy) is 3. The molecule has 11 heteroatoms. The van der Waals surface area contributed by atoms with Gasteiger partial charge in [0.1, 0.15) is 5.82 Å². The van der Waals surface area contributed by atoms with Crippen LogP contribution >= 0.6 is 0 Å².